The van der Waals surface area contributed by atoms with Gasteiger partial charge in [-0.2, -0.15) is 0 Å². The molecule has 1 aliphatic rings. The molecule has 0 amide bonds. The number of rotatable bonds is 6. The van der Waals surface area contributed by atoms with E-state index in [0.717, 1.165) is 25.2 Å². The molecule has 2 nitrogen and oxygen atoms in total. The second kappa shape index (κ2) is 8.68. The van der Waals surface area contributed by atoms with Gasteiger partial charge in [0, 0.05) is 0 Å². The van der Waals surface area contributed by atoms with E-state index in [-0.39, 0.29) is 0 Å². The Bertz CT molecular complexity index is 451. The highest BCUT2D eigenvalue weighted by Gasteiger charge is 2.22. The number of hydrogen-bond donors (Lipinski definition) is 0. The fourth-order valence-electron chi connectivity index (χ4n) is 2.88. The average Bonchev–Trinajstić information content (AvgIpc) is 2.55. The molecule has 1 fully saturated rings. The van der Waals surface area contributed by atoms with E-state index in [1.165, 1.54) is 18.4 Å². The van der Waals surface area contributed by atoms with E-state index in [1.54, 1.807) is 7.11 Å². The summed E-state index contributed by atoms with van der Waals surface area (Å²) in [6, 6.07) is 8.52. The van der Waals surface area contributed by atoms with E-state index < -0.39 is 0 Å². The summed E-state index contributed by atoms with van der Waals surface area (Å²) in [5, 5.41) is 0. The van der Waals surface area contributed by atoms with Crippen LogP contribution in [0.3, 0.4) is 0 Å². The molecule has 0 aromatic heterocycles. The SMILES string of the molecule is C/C=C/C=C/COC1CCC(c2ccc(OC)cc2)CC1. The third-order valence-electron chi connectivity index (χ3n) is 4.13. The van der Waals surface area contributed by atoms with Crippen LogP contribution in [0.1, 0.15) is 44.1 Å². The standard InChI is InChI=1S/C19H26O2/c1-3-4-5-6-15-21-19-13-9-17(10-14-19)16-7-11-18(20-2)12-8-16/h3-8,11-12,17,19H,9-10,13-15H2,1-2H3/b4-3+,6-5+. The lowest BCUT2D eigenvalue weighted by atomic mass is 9.83. The topological polar surface area (TPSA) is 18.5 Å². The zero-order chi connectivity index (χ0) is 14.9. The minimum absolute atomic E-state index is 0.426. The molecule has 0 aliphatic heterocycles. The summed E-state index contributed by atoms with van der Waals surface area (Å²) in [4.78, 5) is 0. The summed E-state index contributed by atoms with van der Waals surface area (Å²) >= 11 is 0. The predicted octanol–water partition coefficient (Wildman–Crippen LogP) is 4.87. The smallest absolute Gasteiger partial charge is 0.118 e. The van der Waals surface area contributed by atoms with Gasteiger partial charge in [0.25, 0.3) is 0 Å². The quantitative estimate of drug-likeness (QED) is 0.695. The monoisotopic (exact) mass is 286 g/mol. The van der Waals surface area contributed by atoms with Gasteiger partial charge in [0.15, 0.2) is 0 Å². The summed E-state index contributed by atoms with van der Waals surface area (Å²) in [6.07, 6.45) is 13.4. The van der Waals surface area contributed by atoms with Gasteiger partial charge in [0.2, 0.25) is 0 Å². The summed E-state index contributed by atoms with van der Waals surface area (Å²) in [6.45, 7) is 2.74. The molecule has 1 aliphatic carbocycles. The molecule has 0 bridgehead atoms. The maximum atomic E-state index is 5.91. The Morgan fingerprint density at radius 2 is 1.76 bits per heavy atom. The second-order valence-corrected chi connectivity index (χ2v) is 5.53. The Hall–Kier alpha value is -1.54. The highest BCUT2D eigenvalue weighted by atomic mass is 16.5. The molecule has 2 rings (SSSR count). The number of hydrogen-bond acceptors (Lipinski definition) is 2. The van der Waals surface area contributed by atoms with Crippen molar-refractivity contribution >= 4 is 0 Å². The molecule has 2 heteroatoms. The molecule has 0 atom stereocenters. The fourth-order valence-corrected chi connectivity index (χ4v) is 2.88. The van der Waals surface area contributed by atoms with Crippen molar-refractivity contribution in [1.29, 1.82) is 0 Å². The first-order valence-corrected chi connectivity index (χ1v) is 7.87. The van der Waals surface area contributed by atoms with Gasteiger partial charge < -0.3 is 9.47 Å². The van der Waals surface area contributed by atoms with Gasteiger partial charge in [0.05, 0.1) is 19.8 Å². The molecular weight excluding hydrogens is 260 g/mol. The lowest BCUT2D eigenvalue weighted by molar-refractivity contribution is 0.0422. The van der Waals surface area contributed by atoms with Crippen molar-refractivity contribution in [3.8, 4) is 5.75 Å². The van der Waals surface area contributed by atoms with Gasteiger partial charge in [-0.25, -0.2) is 0 Å². The van der Waals surface area contributed by atoms with E-state index in [2.05, 4.69) is 30.3 Å². The highest BCUT2D eigenvalue weighted by molar-refractivity contribution is 5.29. The van der Waals surface area contributed by atoms with E-state index >= 15 is 0 Å². The Kier molecular flexibility index (Phi) is 6.55. The molecule has 0 spiro atoms. The third kappa shape index (κ3) is 5.05. The van der Waals surface area contributed by atoms with Crippen LogP contribution in [0.2, 0.25) is 0 Å². The Labute approximate surface area is 128 Å². The van der Waals surface area contributed by atoms with Crippen LogP contribution < -0.4 is 4.74 Å². The maximum Gasteiger partial charge on any atom is 0.118 e. The number of allylic oxidation sites excluding steroid dienone is 3. The van der Waals surface area contributed by atoms with E-state index in [9.17, 15) is 0 Å². The fraction of sp³-hybridized carbons (Fsp3) is 0.474. The van der Waals surface area contributed by atoms with Gasteiger partial charge >= 0.3 is 0 Å². The van der Waals surface area contributed by atoms with Crippen molar-refractivity contribution in [2.75, 3.05) is 13.7 Å². The van der Waals surface area contributed by atoms with Crippen LogP contribution in [0.15, 0.2) is 48.6 Å². The molecule has 114 valence electrons. The van der Waals surface area contributed by atoms with Crippen LogP contribution in [0, 0.1) is 0 Å². The minimum atomic E-state index is 0.426. The van der Waals surface area contributed by atoms with Crippen molar-refractivity contribution in [2.45, 2.75) is 44.6 Å². The lowest BCUT2D eigenvalue weighted by Crippen LogP contribution is -2.20. The van der Waals surface area contributed by atoms with Crippen molar-refractivity contribution in [2.24, 2.45) is 0 Å². The van der Waals surface area contributed by atoms with Crippen LogP contribution >= 0.6 is 0 Å². The molecule has 0 N–H and O–H groups in total. The van der Waals surface area contributed by atoms with Gasteiger partial charge in [-0.1, -0.05) is 36.4 Å². The molecule has 0 heterocycles. The van der Waals surface area contributed by atoms with Gasteiger partial charge in [0.1, 0.15) is 5.75 Å². The summed E-state index contributed by atoms with van der Waals surface area (Å²) in [5.74, 6) is 1.61. The number of methoxy groups -OCH3 is 1. The van der Waals surface area contributed by atoms with E-state index in [4.69, 9.17) is 9.47 Å². The van der Waals surface area contributed by atoms with E-state index in [1.807, 2.05) is 25.2 Å². The van der Waals surface area contributed by atoms with Crippen LogP contribution in [0.4, 0.5) is 0 Å². The zero-order valence-corrected chi connectivity index (χ0v) is 13.1. The van der Waals surface area contributed by atoms with Gasteiger partial charge in [-0.15, -0.1) is 0 Å². The van der Waals surface area contributed by atoms with Crippen LogP contribution in [0.25, 0.3) is 0 Å². The first-order chi connectivity index (χ1) is 10.3. The van der Waals surface area contributed by atoms with Crippen molar-refractivity contribution in [3.05, 3.63) is 54.1 Å². The Morgan fingerprint density at radius 3 is 2.38 bits per heavy atom. The normalized spacial score (nSPS) is 23.0. The van der Waals surface area contributed by atoms with Gasteiger partial charge in [-0.3, -0.25) is 0 Å². The Balaban J connectivity index is 1.74. The van der Waals surface area contributed by atoms with Crippen LogP contribution in [-0.2, 0) is 4.74 Å². The highest BCUT2D eigenvalue weighted by Crippen LogP contribution is 2.34. The van der Waals surface area contributed by atoms with Gasteiger partial charge in [-0.05, 0) is 56.2 Å². The van der Waals surface area contributed by atoms with E-state index in [0.29, 0.717) is 12.0 Å². The molecule has 21 heavy (non-hydrogen) atoms. The average molecular weight is 286 g/mol. The van der Waals surface area contributed by atoms with Crippen molar-refractivity contribution < 1.29 is 9.47 Å². The van der Waals surface area contributed by atoms with Crippen LogP contribution in [0.5, 0.6) is 5.75 Å². The van der Waals surface area contributed by atoms with Crippen LogP contribution in [-0.4, -0.2) is 19.8 Å². The predicted molar refractivity (Wildman–Crippen MR) is 87.9 cm³/mol. The second-order valence-electron chi connectivity index (χ2n) is 5.53. The van der Waals surface area contributed by atoms with Crippen molar-refractivity contribution in [3.63, 3.8) is 0 Å². The first-order valence-electron chi connectivity index (χ1n) is 7.87. The molecule has 0 saturated heterocycles. The summed E-state index contributed by atoms with van der Waals surface area (Å²) in [5.41, 5.74) is 1.43. The number of benzene rings is 1. The molecule has 0 radical (unpaired) electrons. The summed E-state index contributed by atoms with van der Waals surface area (Å²) in [7, 11) is 1.71. The molecule has 0 unspecified atom stereocenters. The maximum absolute atomic E-state index is 5.91. The lowest BCUT2D eigenvalue weighted by Gasteiger charge is -2.28. The largest absolute Gasteiger partial charge is 0.497 e. The third-order valence-corrected chi connectivity index (χ3v) is 4.13. The number of ether oxygens (including phenoxy) is 2. The Morgan fingerprint density at radius 1 is 1.05 bits per heavy atom. The van der Waals surface area contributed by atoms with Crippen molar-refractivity contribution in [1.82, 2.24) is 0 Å². The summed E-state index contributed by atoms with van der Waals surface area (Å²) < 4.78 is 11.1. The first kappa shape index (κ1) is 15.8. The molecule has 1 aromatic rings. The molecular formula is C19H26O2. The minimum Gasteiger partial charge on any atom is -0.497 e. The molecule has 1 aromatic carbocycles. The zero-order valence-electron chi connectivity index (χ0n) is 13.1. The molecule has 1 saturated carbocycles.